The van der Waals surface area contributed by atoms with Crippen molar-refractivity contribution < 1.29 is 9.84 Å². The minimum absolute atomic E-state index is 0.326. The number of ether oxygens (including phenoxy) is 1. The van der Waals surface area contributed by atoms with Gasteiger partial charge in [-0.05, 0) is 56.3 Å². The van der Waals surface area contributed by atoms with Gasteiger partial charge < -0.3 is 20.5 Å². The lowest BCUT2D eigenvalue weighted by molar-refractivity contribution is 0.191. The molecule has 0 unspecified atom stereocenters. The van der Waals surface area contributed by atoms with Gasteiger partial charge in [-0.15, -0.1) is 0 Å². The number of halogens is 1. The molecule has 0 aliphatic rings. The summed E-state index contributed by atoms with van der Waals surface area (Å²) in [6.07, 6.45) is 0.614. The molecule has 0 fully saturated rings. The van der Waals surface area contributed by atoms with Gasteiger partial charge in [0.05, 0.1) is 29.9 Å². The molecular formula is C20H24ClN3O2. The number of hydrogen-bond acceptors (Lipinski definition) is 5. The van der Waals surface area contributed by atoms with Gasteiger partial charge in [-0.25, -0.2) is 4.98 Å². The molecule has 0 saturated carbocycles. The summed E-state index contributed by atoms with van der Waals surface area (Å²) in [6, 6.07) is 11.6. The minimum atomic E-state index is -0.326. The fourth-order valence-corrected chi connectivity index (χ4v) is 3.12. The van der Waals surface area contributed by atoms with E-state index in [4.69, 9.17) is 21.3 Å². The maximum Gasteiger partial charge on any atom is 0.119 e. The van der Waals surface area contributed by atoms with Crippen molar-refractivity contribution in [3.05, 3.63) is 41.4 Å². The summed E-state index contributed by atoms with van der Waals surface area (Å²) in [5.41, 5.74) is 2.80. The zero-order chi connectivity index (χ0) is 18.5. The van der Waals surface area contributed by atoms with Gasteiger partial charge in [-0.1, -0.05) is 11.6 Å². The van der Waals surface area contributed by atoms with Gasteiger partial charge in [0.2, 0.25) is 0 Å². The van der Waals surface area contributed by atoms with Crippen LogP contribution in [0.4, 0.5) is 5.69 Å². The average molecular weight is 374 g/mol. The van der Waals surface area contributed by atoms with Crippen molar-refractivity contribution in [1.82, 2.24) is 10.3 Å². The van der Waals surface area contributed by atoms with Gasteiger partial charge in [0.25, 0.3) is 0 Å². The molecule has 2 aromatic carbocycles. The Morgan fingerprint density at radius 1 is 1.12 bits per heavy atom. The van der Waals surface area contributed by atoms with E-state index in [1.807, 2.05) is 36.4 Å². The van der Waals surface area contributed by atoms with Crippen molar-refractivity contribution >= 4 is 39.1 Å². The van der Waals surface area contributed by atoms with E-state index in [1.54, 1.807) is 14.0 Å². The van der Waals surface area contributed by atoms with Gasteiger partial charge in [-0.3, -0.25) is 0 Å². The zero-order valence-corrected chi connectivity index (χ0v) is 15.8. The lowest BCUT2D eigenvalue weighted by Gasteiger charge is -2.14. The Kier molecular flexibility index (Phi) is 6.14. The molecule has 0 saturated heterocycles. The van der Waals surface area contributed by atoms with E-state index in [0.717, 1.165) is 52.8 Å². The number of fused-ring (bicyclic) bond motifs is 2. The molecule has 3 aromatic rings. The predicted molar refractivity (Wildman–Crippen MR) is 108 cm³/mol. The molecule has 26 heavy (non-hydrogen) atoms. The van der Waals surface area contributed by atoms with Crippen molar-refractivity contribution in [1.29, 1.82) is 0 Å². The molecule has 3 N–H and O–H groups in total. The van der Waals surface area contributed by atoms with Crippen LogP contribution in [0.15, 0.2) is 36.4 Å². The van der Waals surface area contributed by atoms with E-state index >= 15 is 0 Å². The molecule has 0 aliphatic carbocycles. The molecule has 0 amide bonds. The van der Waals surface area contributed by atoms with Crippen molar-refractivity contribution in [3.8, 4) is 5.75 Å². The van der Waals surface area contributed by atoms with Crippen LogP contribution >= 0.6 is 11.6 Å². The van der Waals surface area contributed by atoms with E-state index < -0.39 is 0 Å². The second-order valence-electron chi connectivity index (χ2n) is 6.36. The Morgan fingerprint density at radius 3 is 2.73 bits per heavy atom. The number of hydrogen-bond donors (Lipinski definition) is 3. The summed E-state index contributed by atoms with van der Waals surface area (Å²) in [4.78, 5) is 4.73. The van der Waals surface area contributed by atoms with Crippen LogP contribution in [0.1, 0.15) is 13.3 Å². The highest BCUT2D eigenvalue weighted by Crippen LogP contribution is 2.34. The number of nitrogens with one attached hydrogen (secondary N) is 2. The normalized spacial score (nSPS) is 12.5. The zero-order valence-electron chi connectivity index (χ0n) is 15.1. The minimum Gasteiger partial charge on any atom is -0.497 e. The van der Waals surface area contributed by atoms with Crippen molar-refractivity contribution in [3.63, 3.8) is 0 Å². The number of nitrogens with zero attached hydrogens (tertiary/aromatic N) is 1. The van der Waals surface area contributed by atoms with Gasteiger partial charge in [-0.2, -0.15) is 0 Å². The molecule has 1 aromatic heterocycles. The summed E-state index contributed by atoms with van der Waals surface area (Å²) in [5.74, 6) is 0.800. The summed E-state index contributed by atoms with van der Waals surface area (Å²) in [7, 11) is 1.66. The topological polar surface area (TPSA) is 66.4 Å². The number of pyridine rings is 1. The van der Waals surface area contributed by atoms with Crippen LogP contribution in [0.25, 0.3) is 21.8 Å². The molecule has 0 aliphatic heterocycles. The Morgan fingerprint density at radius 2 is 1.96 bits per heavy atom. The largest absolute Gasteiger partial charge is 0.497 e. The van der Waals surface area contributed by atoms with Gasteiger partial charge in [0.15, 0.2) is 0 Å². The van der Waals surface area contributed by atoms with E-state index in [-0.39, 0.29) is 6.10 Å². The Balaban J connectivity index is 1.88. The fourth-order valence-electron chi connectivity index (χ4n) is 2.95. The fraction of sp³-hybridized carbons (Fsp3) is 0.350. The number of aliphatic hydroxyl groups excluding tert-OH is 1. The smallest absolute Gasteiger partial charge is 0.119 e. The first-order valence-electron chi connectivity index (χ1n) is 8.78. The van der Waals surface area contributed by atoms with Crippen LogP contribution in [0, 0.1) is 0 Å². The van der Waals surface area contributed by atoms with Gasteiger partial charge in [0, 0.05) is 28.9 Å². The molecule has 3 rings (SSSR count). The van der Waals surface area contributed by atoms with E-state index in [1.165, 1.54) is 0 Å². The molecule has 138 valence electrons. The average Bonchev–Trinajstić information content (AvgIpc) is 2.62. The van der Waals surface area contributed by atoms with Crippen LogP contribution in [-0.2, 0) is 0 Å². The van der Waals surface area contributed by atoms with Crippen LogP contribution in [0.2, 0.25) is 5.02 Å². The standard InChI is InChI=1S/C20H24ClN3O2/c1-13(25)12-22-8-3-9-23-20-16-6-4-14(21)10-19(16)24-18-7-5-15(26-2)11-17(18)20/h4-7,10-11,13,22,25H,3,8-9,12H2,1-2H3,(H,23,24)/t13-/m1/s1. The SMILES string of the molecule is COc1ccc2nc3cc(Cl)ccc3c(NCCCNC[C@@H](C)O)c2c1. The number of aliphatic hydroxyl groups is 1. The van der Waals surface area contributed by atoms with Crippen molar-refractivity contribution in [2.45, 2.75) is 19.4 Å². The maximum absolute atomic E-state index is 9.29. The monoisotopic (exact) mass is 373 g/mol. The highest BCUT2D eigenvalue weighted by Gasteiger charge is 2.10. The maximum atomic E-state index is 9.29. The highest BCUT2D eigenvalue weighted by molar-refractivity contribution is 6.31. The summed E-state index contributed by atoms with van der Waals surface area (Å²) >= 11 is 6.15. The van der Waals surface area contributed by atoms with E-state index in [2.05, 4.69) is 10.6 Å². The first kappa shape index (κ1) is 18.7. The number of rotatable bonds is 8. The number of methoxy groups -OCH3 is 1. The molecule has 1 atom stereocenters. The molecule has 6 heteroatoms. The van der Waals surface area contributed by atoms with E-state index in [0.29, 0.717) is 11.6 Å². The van der Waals surface area contributed by atoms with E-state index in [9.17, 15) is 5.11 Å². The number of aromatic nitrogens is 1. The third-order valence-corrected chi connectivity index (χ3v) is 4.45. The lowest BCUT2D eigenvalue weighted by atomic mass is 10.1. The third-order valence-electron chi connectivity index (χ3n) is 4.21. The molecule has 0 radical (unpaired) electrons. The lowest BCUT2D eigenvalue weighted by Crippen LogP contribution is -2.26. The van der Waals surface area contributed by atoms with Crippen LogP contribution in [0.3, 0.4) is 0 Å². The molecule has 5 nitrogen and oxygen atoms in total. The summed E-state index contributed by atoms with van der Waals surface area (Å²) in [6.45, 7) is 4.03. The van der Waals surface area contributed by atoms with Gasteiger partial charge in [0.1, 0.15) is 5.75 Å². The predicted octanol–water partition coefficient (Wildman–Crippen LogP) is 3.82. The quantitative estimate of drug-likeness (QED) is 0.413. The molecule has 0 spiro atoms. The van der Waals surface area contributed by atoms with Crippen LogP contribution in [-0.4, -0.2) is 42.9 Å². The van der Waals surface area contributed by atoms with Crippen LogP contribution < -0.4 is 15.4 Å². The summed E-state index contributed by atoms with van der Waals surface area (Å²) in [5, 5.41) is 18.8. The number of anilines is 1. The molecular weight excluding hydrogens is 350 g/mol. The highest BCUT2D eigenvalue weighted by atomic mass is 35.5. The molecule has 1 heterocycles. The molecule has 0 bridgehead atoms. The summed E-state index contributed by atoms with van der Waals surface area (Å²) < 4.78 is 5.38. The van der Waals surface area contributed by atoms with Crippen molar-refractivity contribution in [2.24, 2.45) is 0 Å². The second kappa shape index (κ2) is 8.54. The van der Waals surface area contributed by atoms with Crippen molar-refractivity contribution in [2.75, 3.05) is 32.1 Å². The van der Waals surface area contributed by atoms with Crippen LogP contribution in [0.5, 0.6) is 5.75 Å². The first-order chi connectivity index (χ1) is 12.6. The Hall–Kier alpha value is -2.08. The number of benzene rings is 2. The Bertz CT molecular complexity index is 899. The van der Waals surface area contributed by atoms with Gasteiger partial charge >= 0.3 is 0 Å². The first-order valence-corrected chi connectivity index (χ1v) is 9.16. The second-order valence-corrected chi connectivity index (χ2v) is 6.80. The third kappa shape index (κ3) is 4.36. The Labute approximate surface area is 158 Å².